The Morgan fingerprint density at radius 1 is 0.231 bits per heavy atom. The fourth-order valence-electron chi connectivity index (χ4n) is 17.0. The Labute approximate surface area is 603 Å². The van der Waals surface area contributed by atoms with E-state index in [2.05, 4.69) is 406 Å². The molecule has 17 aromatic rings. The van der Waals surface area contributed by atoms with E-state index < -0.39 is 6.71 Å². The lowest BCUT2D eigenvalue weighted by Gasteiger charge is -2.45. The monoisotopic (exact) mass is 1330 g/mol. The normalized spacial score (nSPS) is 12.9. The van der Waals surface area contributed by atoms with Gasteiger partial charge in [0.1, 0.15) is 16.9 Å². The molecule has 0 amide bonds. The average molecular weight is 1330 g/mol. The molecule has 104 heavy (non-hydrogen) atoms. The maximum Gasteiger partial charge on any atom is 0.297 e. The van der Waals surface area contributed by atoms with Gasteiger partial charge in [-0.3, -0.25) is 0 Å². The number of hydrogen-bond donors (Lipinski definition) is 0. The van der Waals surface area contributed by atoms with Gasteiger partial charge < -0.3 is 38.2 Å². The minimum absolute atomic E-state index is 0.192. The quantitative estimate of drug-likeness (QED) is 0.112. The summed E-state index contributed by atoms with van der Waals surface area (Å²) in [5, 5.41) is 2.05. The van der Waals surface area contributed by atoms with E-state index in [1.165, 1.54) is 16.4 Å². The van der Waals surface area contributed by atoms with Crippen LogP contribution in [0.15, 0.2) is 385 Å². The van der Waals surface area contributed by atoms with Gasteiger partial charge in [0, 0.05) is 120 Å². The Hall–Kier alpha value is -13.7. The van der Waals surface area contributed by atoms with Crippen molar-refractivity contribution in [2.24, 2.45) is 0 Å². The molecule has 0 bridgehead atoms. The van der Waals surface area contributed by atoms with Crippen LogP contribution >= 0.6 is 0 Å². The fraction of sp³-hybridized carbons (Fsp3) is 0. The third kappa shape index (κ3) is 9.35. The topological polar surface area (TPSA) is 45.7 Å². The molecule has 0 spiro atoms. The first-order valence-electron chi connectivity index (χ1n) is 35.6. The molecule has 0 fully saturated rings. The van der Waals surface area contributed by atoms with Crippen molar-refractivity contribution in [2.45, 2.75) is 0 Å². The molecule has 0 unspecified atom stereocenters. The summed E-state index contributed by atoms with van der Waals surface area (Å²) in [5.41, 5.74) is 30.3. The average Bonchev–Trinajstić information content (AvgIpc) is 1.36. The van der Waals surface area contributed by atoms with E-state index in [0.29, 0.717) is 0 Å². The summed E-state index contributed by atoms with van der Waals surface area (Å²) < 4.78 is 15.4. The summed E-state index contributed by atoms with van der Waals surface area (Å²) in [6.07, 6.45) is 0. The van der Waals surface area contributed by atoms with Crippen LogP contribution in [-0.2, 0) is 0 Å². The SMILES string of the molecule is c1ccc(-c2ccccc2-c2cc3c(o2)B2c4cc5c(cc4N(c4ccccc4)c4cc(N(c6ccccc6)c6ccccc6)cc(c42)N3c2ccccc2)oc2cc3c(cc25)B2c4ccccc4N(c4ccccc4)c4cc(N(c5ccccc5)c5ccccc5)cc(c42)N3c2ccccc2)cc1. The molecule has 15 aromatic carbocycles. The molecular weight excluding hydrogens is 1270 g/mol. The summed E-state index contributed by atoms with van der Waals surface area (Å²) in [5.74, 6) is 0.787. The van der Waals surface area contributed by atoms with Crippen molar-refractivity contribution in [3.63, 3.8) is 0 Å². The van der Waals surface area contributed by atoms with Gasteiger partial charge in [0.2, 0.25) is 0 Å². The predicted octanol–water partition coefficient (Wildman–Crippen LogP) is 21.6. The second kappa shape index (κ2) is 24.0. The summed E-state index contributed by atoms with van der Waals surface area (Å²) in [6, 6.07) is 136. The standard InChI is InChI=1S/C94H62B2N6O2/c1-10-32-63(33-11-1)74-50-28-29-51-75(74)89-62-88-94(104-89)96-80-59-77-76-58-79-82(100(69-44-22-7-23-45-69)85-55-72(97(64-34-12-2-13-35-64)65-36-14-3-15-37-65)54-84-92(85)95(79)78-52-30-31-53-81(78)99(84)68-42-20-6-21-43-68)60-90(76)103-91(77)61-83(80)101(70-46-24-8-25-47-70)86-56-73(57-87(93(86)96)102(88)71-48-26-9-27-49-71)98(66-38-16-4-17-39-66)67-40-18-5-19-41-67/h1-62H. The summed E-state index contributed by atoms with van der Waals surface area (Å²) in [7, 11) is 0. The number of para-hydroxylation sites is 9. The first-order chi connectivity index (χ1) is 51.6. The lowest BCUT2D eigenvalue weighted by atomic mass is 9.33. The van der Waals surface area contributed by atoms with Gasteiger partial charge in [0.15, 0.2) is 0 Å². The van der Waals surface area contributed by atoms with Gasteiger partial charge >= 0.3 is 0 Å². The van der Waals surface area contributed by atoms with Gasteiger partial charge in [0.25, 0.3) is 13.4 Å². The minimum Gasteiger partial charge on any atom is -0.468 e. The zero-order chi connectivity index (χ0) is 68.3. The number of furan rings is 2. The Balaban J connectivity index is 0.847. The van der Waals surface area contributed by atoms with Crippen molar-refractivity contribution >= 4 is 171 Å². The molecule has 486 valence electrons. The first kappa shape index (κ1) is 59.2. The third-order valence-electron chi connectivity index (χ3n) is 21.3. The highest BCUT2D eigenvalue weighted by Gasteiger charge is 2.49. The summed E-state index contributed by atoms with van der Waals surface area (Å²) in [4.78, 5) is 14.7. The number of hydrogen-bond acceptors (Lipinski definition) is 8. The Bertz CT molecular complexity index is 6070. The van der Waals surface area contributed by atoms with E-state index in [1.807, 2.05) is 0 Å². The van der Waals surface area contributed by atoms with Crippen LogP contribution in [0.2, 0.25) is 0 Å². The van der Waals surface area contributed by atoms with Gasteiger partial charge in [-0.15, -0.1) is 0 Å². The summed E-state index contributed by atoms with van der Waals surface area (Å²) in [6.45, 7) is -0.592. The lowest BCUT2D eigenvalue weighted by Crippen LogP contribution is -2.61. The number of nitrogens with zero attached hydrogens (tertiary/aromatic N) is 6. The van der Waals surface area contributed by atoms with E-state index in [0.717, 1.165) is 163 Å². The number of anilines is 18. The molecule has 0 saturated heterocycles. The van der Waals surface area contributed by atoms with E-state index in [1.54, 1.807) is 0 Å². The lowest BCUT2D eigenvalue weighted by molar-refractivity contribution is 0.615. The highest BCUT2D eigenvalue weighted by Crippen LogP contribution is 2.53. The van der Waals surface area contributed by atoms with Crippen molar-refractivity contribution in [1.29, 1.82) is 0 Å². The Kier molecular flexibility index (Phi) is 13.7. The van der Waals surface area contributed by atoms with Crippen molar-refractivity contribution in [3.8, 4) is 22.5 Å². The van der Waals surface area contributed by atoms with E-state index in [-0.39, 0.29) is 6.71 Å². The highest BCUT2D eigenvalue weighted by atomic mass is 16.3. The zero-order valence-corrected chi connectivity index (χ0v) is 56.5. The first-order valence-corrected chi connectivity index (χ1v) is 35.6. The van der Waals surface area contributed by atoms with Crippen LogP contribution in [0.4, 0.5) is 102 Å². The molecule has 0 N–H and O–H groups in total. The van der Waals surface area contributed by atoms with Crippen molar-refractivity contribution in [3.05, 3.63) is 376 Å². The zero-order valence-electron chi connectivity index (χ0n) is 56.5. The van der Waals surface area contributed by atoms with Gasteiger partial charge in [-0.2, -0.15) is 0 Å². The maximum atomic E-state index is 7.80. The van der Waals surface area contributed by atoms with Crippen molar-refractivity contribution < 1.29 is 8.83 Å². The molecule has 2 aromatic heterocycles. The van der Waals surface area contributed by atoms with Gasteiger partial charge in [0.05, 0.1) is 22.7 Å². The predicted molar refractivity (Wildman–Crippen MR) is 434 cm³/mol. The number of fused-ring (bicyclic) bond motifs is 11. The van der Waals surface area contributed by atoms with Gasteiger partial charge in [-0.25, -0.2) is 0 Å². The molecule has 4 aliphatic rings. The van der Waals surface area contributed by atoms with Crippen LogP contribution < -0.4 is 62.4 Å². The van der Waals surface area contributed by atoms with E-state index in [4.69, 9.17) is 8.83 Å². The number of benzene rings is 15. The fourth-order valence-corrected chi connectivity index (χ4v) is 17.0. The van der Waals surface area contributed by atoms with Crippen LogP contribution in [0.5, 0.6) is 0 Å². The van der Waals surface area contributed by atoms with Crippen LogP contribution in [0.3, 0.4) is 0 Å². The van der Waals surface area contributed by atoms with Crippen LogP contribution in [0.1, 0.15) is 0 Å². The molecule has 6 heterocycles. The molecule has 0 saturated carbocycles. The Morgan fingerprint density at radius 3 is 1.00 bits per heavy atom. The largest absolute Gasteiger partial charge is 0.468 e. The molecule has 21 rings (SSSR count). The second-order valence-corrected chi connectivity index (χ2v) is 27.1. The Morgan fingerprint density at radius 2 is 0.567 bits per heavy atom. The van der Waals surface area contributed by atoms with E-state index >= 15 is 0 Å². The maximum absolute atomic E-state index is 7.80. The van der Waals surface area contributed by atoms with Crippen molar-refractivity contribution in [2.75, 3.05) is 29.4 Å². The molecular formula is C94H62B2N6O2. The molecule has 8 nitrogen and oxygen atoms in total. The molecule has 4 aliphatic heterocycles. The van der Waals surface area contributed by atoms with Crippen LogP contribution in [-0.4, -0.2) is 13.4 Å². The van der Waals surface area contributed by atoms with Crippen LogP contribution in [0, 0.1) is 0 Å². The molecule has 0 atom stereocenters. The summed E-state index contributed by atoms with van der Waals surface area (Å²) >= 11 is 0. The number of rotatable bonds is 12. The highest BCUT2D eigenvalue weighted by molar-refractivity contribution is 7.01. The van der Waals surface area contributed by atoms with Gasteiger partial charge in [-0.1, -0.05) is 231 Å². The second-order valence-electron chi connectivity index (χ2n) is 27.1. The van der Waals surface area contributed by atoms with Gasteiger partial charge in [-0.05, 0) is 166 Å². The van der Waals surface area contributed by atoms with Crippen LogP contribution in [0.25, 0.3) is 44.4 Å². The molecule has 10 heteroatoms. The molecule has 0 radical (unpaired) electrons. The minimum atomic E-state index is -0.400. The third-order valence-corrected chi connectivity index (χ3v) is 21.3. The van der Waals surface area contributed by atoms with Crippen molar-refractivity contribution in [1.82, 2.24) is 0 Å². The molecule has 0 aliphatic carbocycles. The van der Waals surface area contributed by atoms with E-state index in [9.17, 15) is 0 Å². The smallest absolute Gasteiger partial charge is 0.297 e.